The molecular weight excluding hydrogens is 396 g/mol. The van der Waals surface area contributed by atoms with E-state index in [0.717, 1.165) is 37.7 Å². The number of esters is 1. The summed E-state index contributed by atoms with van der Waals surface area (Å²) in [4.78, 5) is 41.9. The Bertz CT molecular complexity index is 913. The van der Waals surface area contributed by atoms with Gasteiger partial charge in [-0.2, -0.15) is 0 Å². The highest BCUT2D eigenvalue weighted by molar-refractivity contribution is 5.92. The van der Waals surface area contributed by atoms with E-state index in [1.165, 1.54) is 0 Å². The van der Waals surface area contributed by atoms with Gasteiger partial charge in [-0.05, 0) is 38.5 Å². The molecule has 2 fully saturated rings. The summed E-state index contributed by atoms with van der Waals surface area (Å²) in [5.74, 6) is 1.93. The Labute approximate surface area is 182 Å². The Morgan fingerprint density at radius 3 is 2.45 bits per heavy atom. The summed E-state index contributed by atoms with van der Waals surface area (Å²) in [6.07, 6.45) is 8.45. The summed E-state index contributed by atoms with van der Waals surface area (Å²) in [5, 5.41) is 0. The predicted molar refractivity (Wildman–Crippen MR) is 115 cm³/mol. The Morgan fingerprint density at radius 2 is 1.74 bits per heavy atom. The van der Waals surface area contributed by atoms with Gasteiger partial charge in [0.05, 0.1) is 12.5 Å². The van der Waals surface area contributed by atoms with E-state index in [4.69, 9.17) is 4.74 Å². The average Bonchev–Trinajstić information content (AvgIpc) is 3.30. The lowest BCUT2D eigenvalue weighted by molar-refractivity contribution is -0.149. The minimum Gasteiger partial charge on any atom is -0.466 e. The number of piperidine rings is 2. The molecule has 1 amide bonds. The van der Waals surface area contributed by atoms with Crippen LogP contribution in [0.1, 0.15) is 50.0 Å². The smallest absolute Gasteiger partial charge is 0.309 e. The molecule has 0 unspecified atom stereocenters. The van der Waals surface area contributed by atoms with E-state index in [2.05, 4.69) is 26.8 Å². The van der Waals surface area contributed by atoms with Crippen molar-refractivity contribution in [2.45, 2.75) is 39.5 Å². The van der Waals surface area contributed by atoms with Gasteiger partial charge >= 0.3 is 5.97 Å². The topological polar surface area (TPSA) is 93.5 Å². The molecule has 0 radical (unpaired) electrons. The summed E-state index contributed by atoms with van der Waals surface area (Å²) >= 11 is 0. The van der Waals surface area contributed by atoms with E-state index >= 15 is 0 Å². The van der Waals surface area contributed by atoms with Gasteiger partial charge in [-0.1, -0.05) is 6.92 Å². The zero-order chi connectivity index (χ0) is 21.8. The minimum atomic E-state index is -0.165. The number of carbonyl (C=O) groups excluding carboxylic acids is 2. The molecule has 2 aliphatic heterocycles. The average molecular weight is 427 g/mol. The van der Waals surface area contributed by atoms with Gasteiger partial charge in [-0.15, -0.1) is 0 Å². The van der Waals surface area contributed by atoms with Crippen molar-refractivity contribution in [1.82, 2.24) is 24.4 Å². The van der Waals surface area contributed by atoms with Crippen LogP contribution >= 0.6 is 0 Å². The van der Waals surface area contributed by atoms with E-state index in [-0.39, 0.29) is 17.8 Å². The summed E-state index contributed by atoms with van der Waals surface area (Å²) in [5.41, 5.74) is 0.376. The zero-order valence-corrected chi connectivity index (χ0v) is 18.2. The van der Waals surface area contributed by atoms with Gasteiger partial charge in [0.2, 0.25) is 0 Å². The highest BCUT2D eigenvalue weighted by Gasteiger charge is 2.29. The van der Waals surface area contributed by atoms with Crippen molar-refractivity contribution in [1.29, 1.82) is 0 Å². The summed E-state index contributed by atoms with van der Waals surface area (Å²) in [6, 6.07) is 1.94. The number of amides is 1. The first-order chi connectivity index (χ1) is 15.0. The van der Waals surface area contributed by atoms with Gasteiger partial charge in [0.25, 0.3) is 5.91 Å². The Balaban J connectivity index is 1.40. The Kier molecular flexibility index (Phi) is 6.48. The van der Waals surface area contributed by atoms with E-state index in [1.54, 1.807) is 35.2 Å². The first-order valence-corrected chi connectivity index (χ1v) is 11.1. The number of carbonyl (C=O) groups is 2. The number of hydrogen-bond acceptors (Lipinski definition) is 7. The molecule has 0 atom stereocenters. The number of aromatic nitrogens is 4. The second-order valence-electron chi connectivity index (χ2n) is 8.39. The Morgan fingerprint density at radius 1 is 1.03 bits per heavy atom. The SMILES string of the molecule is CCOC(=O)C1CCN(C(=O)c2cn(-c3cc(N4CCC(C)CC4)ncn3)cn2)CC1. The quantitative estimate of drug-likeness (QED) is 0.677. The number of anilines is 1. The largest absolute Gasteiger partial charge is 0.466 e. The Hall–Kier alpha value is -2.97. The molecule has 0 spiro atoms. The number of rotatable bonds is 5. The summed E-state index contributed by atoms with van der Waals surface area (Å²) in [6.45, 7) is 7.52. The van der Waals surface area contributed by atoms with Gasteiger partial charge in [0.15, 0.2) is 0 Å². The fourth-order valence-corrected chi connectivity index (χ4v) is 4.19. The monoisotopic (exact) mass is 426 g/mol. The van der Waals surface area contributed by atoms with Crippen molar-refractivity contribution in [3.8, 4) is 5.82 Å². The van der Waals surface area contributed by atoms with Crippen molar-refractivity contribution in [2.24, 2.45) is 11.8 Å². The first kappa shape index (κ1) is 21.3. The van der Waals surface area contributed by atoms with Crippen molar-refractivity contribution in [2.75, 3.05) is 37.7 Å². The van der Waals surface area contributed by atoms with E-state index < -0.39 is 0 Å². The highest BCUT2D eigenvalue weighted by Crippen LogP contribution is 2.23. The molecule has 2 aromatic rings. The van der Waals surface area contributed by atoms with Crippen LogP contribution in [0.2, 0.25) is 0 Å². The maximum Gasteiger partial charge on any atom is 0.309 e. The minimum absolute atomic E-state index is 0.125. The molecule has 0 aromatic carbocycles. The van der Waals surface area contributed by atoms with Crippen molar-refractivity contribution < 1.29 is 14.3 Å². The number of hydrogen-bond donors (Lipinski definition) is 0. The molecule has 9 heteroatoms. The normalized spacial score (nSPS) is 18.3. The van der Waals surface area contributed by atoms with Gasteiger partial charge < -0.3 is 14.5 Å². The number of imidazole rings is 1. The van der Waals surface area contributed by atoms with Crippen LogP contribution < -0.4 is 4.90 Å². The fourth-order valence-electron chi connectivity index (χ4n) is 4.19. The first-order valence-electron chi connectivity index (χ1n) is 11.1. The van der Waals surface area contributed by atoms with Crippen LogP contribution in [0.4, 0.5) is 5.82 Å². The number of ether oxygens (including phenoxy) is 1. The van der Waals surface area contributed by atoms with Crippen molar-refractivity contribution in [3.63, 3.8) is 0 Å². The van der Waals surface area contributed by atoms with Crippen LogP contribution in [0.5, 0.6) is 0 Å². The summed E-state index contributed by atoms with van der Waals surface area (Å²) in [7, 11) is 0. The molecular formula is C22H30N6O3. The van der Waals surface area contributed by atoms with Crippen molar-refractivity contribution >= 4 is 17.7 Å². The maximum atomic E-state index is 12.9. The molecule has 2 aromatic heterocycles. The molecule has 166 valence electrons. The third-order valence-corrected chi connectivity index (χ3v) is 6.21. The van der Waals surface area contributed by atoms with E-state index in [0.29, 0.717) is 44.0 Å². The third kappa shape index (κ3) is 4.86. The molecule has 0 bridgehead atoms. The van der Waals surface area contributed by atoms with Gasteiger partial charge in [0, 0.05) is 38.4 Å². The predicted octanol–water partition coefficient (Wildman–Crippen LogP) is 2.31. The zero-order valence-electron chi connectivity index (χ0n) is 18.2. The van der Waals surface area contributed by atoms with Gasteiger partial charge in [-0.25, -0.2) is 15.0 Å². The van der Waals surface area contributed by atoms with Crippen molar-refractivity contribution in [3.05, 3.63) is 30.6 Å². The van der Waals surface area contributed by atoms with E-state index in [9.17, 15) is 9.59 Å². The second kappa shape index (κ2) is 9.45. The van der Waals surface area contributed by atoms with Crippen LogP contribution in [0, 0.1) is 11.8 Å². The lowest BCUT2D eigenvalue weighted by Gasteiger charge is -2.31. The fraction of sp³-hybridized carbons (Fsp3) is 0.591. The van der Waals surface area contributed by atoms with Crippen LogP contribution in [-0.4, -0.2) is 69.1 Å². The standard InChI is InChI=1S/C22H30N6O3/c1-3-31-22(30)17-6-10-27(11-7-17)21(29)18-13-28(15-25-18)20-12-19(23-14-24-20)26-8-4-16(2)5-9-26/h12-17H,3-11H2,1-2H3. The molecule has 9 nitrogen and oxygen atoms in total. The van der Waals surface area contributed by atoms with Gasteiger partial charge in [0.1, 0.15) is 30.0 Å². The van der Waals surface area contributed by atoms with Crippen LogP contribution in [0.15, 0.2) is 24.9 Å². The van der Waals surface area contributed by atoms with E-state index in [1.807, 2.05) is 6.07 Å². The van der Waals surface area contributed by atoms with Crippen LogP contribution in [0.25, 0.3) is 5.82 Å². The maximum absolute atomic E-state index is 12.9. The lowest BCUT2D eigenvalue weighted by Crippen LogP contribution is -2.40. The molecule has 2 aliphatic rings. The number of likely N-dealkylation sites (tertiary alicyclic amines) is 1. The third-order valence-electron chi connectivity index (χ3n) is 6.21. The lowest BCUT2D eigenvalue weighted by atomic mass is 9.97. The molecule has 31 heavy (non-hydrogen) atoms. The molecule has 0 saturated carbocycles. The van der Waals surface area contributed by atoms with Crippen LogP contribution in [0.3, 0.4) is 0 Å². The molecule has 4 rings (SSSR count). The molecule has 4 heterocycles. The highest BCUT2D eigenvalue weighted by atomic mass is 16.5. The molecule has 0 aliphatic carbocycles. The molecule has 0 N–H and O–H groups in total. The molecule has 2 saturated heterocycles. The number of nitrogens with zero attached hydrogens (tertiary/aromatic N) is 6. The van der Waals surface area contributed by atoms with Gasteiger partial charge in [-0.3, -0.25) is 14.2 Å². The van der Waals surface area contributed by atoms with Crippen LogP contribution in [-0.2, 0) is 9.53 Å². The summed E-state index contributed by atoms with van der Waals surface area (Å²) < 4.78 is 6.86. The second-order valence-corrected chi connectivity index (χ2v) is 8.39.